The van der Waals surface area contributed by atoms with Gasteiger partial charge in [0.05, 0.1) is 6.42 Å². The second-order valence-corrected chi connectivity index (χ2v) is 10.9. The Morgan fingerprint density at radius 3 is 2.00 bits per heavy atom. The van der Waals surface area contributed by atoms with Gasteiger partial charge in [-0.1, -0.05) is 44.2 Å². The van der Waals surface area contributed by atoms with Crippen molar-refractivity contribution in [3.63, 3.8) is 0 Å². The summed E-state index contributed by atoms with van der Waals surface area (Å²) in [5.41, 5.74) is 0.879. The second-order valence-electron chi connectivity index (χ2n) is 10.9. The van der Waals surface area contributed by atoms with Crippen LogP contribution in [0.1, 0.15) is 70.3 Å². The lowest BCUT2D eigenvalue weighted by molar-refractivity contribution is -0.147. The summed E-state index contributed by atoms with van der Waals surface area (Å²) in [4.78, 5) is 63.1. The Morgan fingerprint density at radius 1 is 0.825 bits per heavy atom. The molecule has 0 saturated heterocycles. The molecule has 0 aliphatic rings. The van der Waals surface area contributed by atoms with E-state index in [1.807, 2.05) is 19.9 Å². The van der Waals surface area contributed by atoms with E-state index in [0.29, 0.717) is 17.7 Å². The molecular formula is C30H39N3O7. The molecule has 40 heavy (non-hydrogen) atoms. The smallest absolute Gasteiger partial charge is 0.408 e. The number of alkyl carbamates (subject to hydrolysis) is 1. The minimum absolute atomic E-state index is 0.00124. The first-order valence-corrected chi connectivity index (χ1v) is 13.1. The van der Waals surface area contributed by atoms with Gasteiger partial charge in [-0.2, -0.15) is 0 Å². The molecule has 10 nitrogen and oxygen atoms in total. The molecule has 0 heterocycles. The van der Waals surface area contributed by atoms with E-state index >= 15 is 0 Å². The van der Waals surface area contributed by atoms with Crippen LogP contribution in [0, 0.1) is 5.92 Å². The largest absolute Gasteiger partial charge is 0.461 e. The van der Waals surface area contributed by atoms with Crippen LogP contribution in [0.2, 0.25) is 0 Å². The average molecular weight is 554 g/mol. The number of hydrogen-bond acceptors (Lipinski definition) is 7. The number of esters is 1. The van der Waals surface area contributed by atoms with Crippen molar-refractivity contribution >= 4 is 35.3 Å². The van der Waals surface area contributed by atoms with Gasteiger partial charge in [-0.05, 0) is 69.9 Å². The summed E-state index contributed by atoms with van der Waals surface area (Å²) < 4.78 is 10.6. The fourth-order valence-electron chi connectivity index (χ4n) is 3.62. The lowest BCUT2D eigenvalue weighted by atomic mass is 10.0. The Labute approximate surface area is 235 Å². The van der Waals surface area contributed by atoms with E-state index in [1.165, 1.54) is 6.92 Å². The van der Waals surface area contributed by atoms with E-state index in [1.54, 1.807) is 69.3 Å². The molecule has 0 aliphatic carbocycles. The van der Waals surface area contributed by atoms with Gasteiger partial charge >= 0.3 is 12.1 Å². The van der Waals surface area contributed by atoms with Crippen LogP contribution in [-0.2, 0) is 30.5 Å². The molecule has 2 rings (SSSR count). The van der Waals surface area contributed by atoms with Gasteiger partial charge in [0.25, 0.3) is 0 Å². The number of hydrogen-bond donors (Lipinski definition) is 3. The molecule has 0 bridgehead atoms. The highest BCUT2D eigenvalue weighted by molar-refractivity contribution is 5.99. The van der Waals surface area contributed by atoms with E-state index in [-0.39, 0.29) is 18.3 Å². The number of amides is 3. The number of anilines is 1. The quantitative estimate of drug-likeness (QED) is 0.262. The molecule has 2 aromatic rings. The molecule has 2 aromatic carbocycles. The molecule has 10 heteroatoms. The molecule has 0 fully saturated rings. The molecule has 216 valence electrons. The van der Waals surface area contributed by atoms with Gasteiger partial charge in [0, 0.05) is 11.3 Å². The topological polar surface area (TPSA) is 140 Å². The average Bonchev–Trinajstić information content (AvgIpc) is 2.86. The molecule has 2 unspecified atom stereocenters. The zero-order valence-electron chi connectivity index (χ0n) is 23.9. The number of Topliss-reactive ketones (excluding diaryl/α,β-unsaturated/α-hetero) is 1. The fraction of sp³-hybridized carbons (Fsp3) is 0.433. The van der Waals surface area contributed by atoms with Crippen LogP contribution in [0.15, 0.2) is 54.6 Å². The summed E-state index contributed by atoms with van der Waals surface area (Å²) in [5.74, 6) is -2.01. The molecule has 0 spiro atoms. The number of rotatable bonds is 12. The Balaban J connectivity index is 2.15. The van der Waals surface area contributed by atoms with Gasteiger partial charge in [0.15, 0.2) is 5.78 Å². The van der Waals surface area contributed by atoms with E-state index in [9.17, 15) is 24.0 Å². The first-order valence-electron chi connectivity index (χ1n) is 13.1. The van der Waals surface area contributed by atoms with Crippen molar-refractivity contribution in [1.82, 2.24) is 10.6 Å². The Morgan fingerprint density at radius 2 is 1.45 bits per heavy atom. The predicted molar refractivity (Wildman–Crippen MR) is 150 cm³/mol. The van der Waals surface area contributed by atoms with Crippen LogP contribution in [0.3, 0.4) is 0 Å². The third-order valence-electron chi connectivity index (χ3n) is 5.52. The summed E-state index contributed by atoms with van der Waals surface area (Å²) in [6.45, 7) is 10.2. The summed E-state index contributed by atoms with van der Waals surface area (Å²) in [6, 6.07) is 13.1. The van der Waals surface area contributed by atoms with Gasteiger partial charge in [-0.15, -0.1) is 0 Å². The van der Waals surface area contributed by atoms with Crippen molar-refractivity contribution in [2.24, 2.45) is 5.92 Å². The molecule has 0 aliphatic heterocycles. The maximum Gasteiger partial charge on any atom is 0.408 e. The highest BCUT2D eigenvalue weighted by Crippen LogP contribution is 2.14. The SMILES string of the molecule is CC(=O)c1ccc(NC(=O)C(CC(C)C)NC(=O)C(CC(=O)OCc2ccccc2)NC(=O)OC(C)(C)C)cc1. The van der Waals surface area contributed by atoms with Crippen LogP contribution < -0.4 is 16.0 Å². The Kier molecular flexibility index (Phi) is 11.8. The zero-order chi connectivity index (χ0) is 29.9. The van der Waals surface area contributed by atoms with Gasteiger partial charge in [0.2, 0.25) is 11.8 Å². The van der Waals surface area contributed by atoms with E-state index in [2.05, 4.69) is 16.0 Å². The lowest BCUT2D eigenvalue weighted by Crippen LogP contribution is -2.54. The summed E-state index contributed by atoms with van der Waals surface area (Å²) in [7, 11) is 0. The molecule has 3 N–H and O–H groups in total. The normalized spacial score (nSPS) is 12.6. The summed E-state index contributed by atoms with van der Waals surface area (Å²) in [6.07, 6.45) is -1.07. The number of ketones is 1. The minimum Gasteiger partial charge on any atom is -0.461 e. The monoisotopic (exact) mass is 553 g/mol. The van der Waals surface area contributed by atoms with Crippen LogP contribution in [0.5, 0.6) is 0 Å². The van der Waals surface area contributed by atoms with Crippen LogP contribution in [-0.4, -0.2) is 47.3 Å². The number of benzene rings is 2. The Hall–Kier alpha value is -4.21. The summed E-state index contributed by atoms with van der Waals surface area (Å²) in [5, 5.41) is 7.83. The van der Waals surface area contributed by atoms with Gasteiger partial charge in [-0.25, -0.2) is 4.79 Å². The molecule has 0 aromatic heterocycles. The van der Waals surface area contributed by atoms with Crippen LogP contribution in [0.25, 0.3) is 0 Å². The van der Waals surface area contributed by atoms with Crippen molar-refractivity contribution in [3.05, 3.63) is 65.7 Å². The maximum atomic E-state index is 13.3. The van der Waals surface area contributed by atoms with Crippen molar-refractivity contribution in [1.29, 1.82) is 0 Å². The standard InChI is InChI=1S/C30H39N3O7/c1-19(2)16-24(27(36)31-23-14-12-22(13-15-23)20(3)34)32-28(37)25(33-29(38)40-30(4,5)6)17-26(35)39-18-21-10-8-7-9-11-21/h7-15,19,24-25H,16-18H2,1-6H3,(H,31,36)(H,32,37)(H,33,38). The van der Waals surface area contributed by atoms with Crippen LogP contribution >= 0.6 is 0 Å². The Bertz CT molecular complexity index is 1170. The molecular weight excluding hydrogens is 514 g/mol. The lowest BCUT2D eigenvalue weighted by Gasteiger charge is -2.25. The van der Waals surface area contributed by atoms with E-state index in [4.69, 9.17) is 9.47 Å². The second kappa shape index (κ2) is 14.8. The van der Waals surface area contributed by atoms with E-state index in [0.717, 1.165) is 5.56 Å². The molecule has 0 radical (unpaired) electrons. The van der Waals surface area contributed by atoms with Gasteiger partial charge < -0.3 is 25.4 Å². The highest BCUT2D eigenvalue weighted by Gasteiger charge is 2.31. The zero-order valence-corrected chi connectivity index (χ0v) is 23.9. The van der Waals surface area contributed by atoms with Crippen molar-refractivity contribution in [2.75, 3.05) is 5.32 Å². The van der Waals surface area contributed by atoms with Gasteiger partial charge in [-0.3, -0.25) is 19.2 Å². The maximum absolute atomic E-state index is 13.3. The first kappa shape index (κ1) is 32.0. The number of nitrogens with one attached hydrogen (secondary N) is 3. The third-order valence-corrected chi connectivity index (χ3v) is 5.52. The van der Waals surface area contributed by atoms with E-state index < -0.39 is 48.0 Å². The van der Waals surface area contributed by atoms with Crippen molar-refractivity contribution in [3.8, 4) is 0 Å². The molecule has 2 atom stereocenters. The minimum atomic E-state index is -1.35. The van der Waals surface area contributed by atoms with Crippen LogP contribution in [0.4, 0.5) is 10.5 Å². The molecule has 0 saturated carbocycles. The number of ether oxygens (including phenoxy) is 2. The third kappa shape index (κ3) is 11.7. The predicted octanol–water partition coefficient (Wildman–Crippen LogP) is 4.39. The fourth-order valence-corrected chi connectivity index (χ4v) is 3.62. The number of carbonyl (C=O) groups is 5. The summed E-state index contributed by atoms with van der Waals surface area (Å²) >= 11 is 0. The van der Waals surface area contributed by atoms with Crippen molar-refractivity contribution < 1.29 is 33.4 Å². The van der Waals surface area contributed by atoms with Crippen molar-refractivity contribution in [2.45, 2.75) is 78.7 Å². The first-order chi connectivity index (χ1) is 18.7. The molecule has 3 amide bonds. The van der Waals surface area contributed by atoms with Gasteiger partial charge in [0.1, 0.15) is 24.3 Å². The highest BCUT2D eigenvalue weighted by atomic mass is 16.6. The number of carbonyl (C=O) groups excluding carboxylic acids is 5.